The number of primary amides is 1. The number of rotatable bonds is 28. The van der Waals surface area contributed by atoms with Crippen LogP contribution in [0, 0.1) is 5.92 Å². The van der Waals surface area contributed by atoms with Crippen molar-refractivity contribution in [1.82, 2.24) is 57.4 Å². The average Bonchev–Trinajstić information content (AvgIpc) is 3.98. The molecule has 0 saturated carbocycles. The first-order chi connectivity index (χ1) is 31.1. The molecule has 66 heavy (non-hydrogen) atoms. The first-order valence-corrected chi connectivity index (χ1v) is 21.0. The van der Waals surface area contributed by atoms with Crippen molar-refractivity contribution < 1.29 is 72.9 Å². The summed E-state index contributed by atoms with van der Waals surface area (Å²) in [7, 11) is 0. The molecule has 28 nitrogen and oxygen atoms in total. The number of hydrogen-bond donors (Lipinski definition) is 15. The molecule has 0 aromatic carbocycles. The van der Waals surface area contributed by atoms with Gasteiger partial charge in [0.15, 0.2) is 0 Å². The van der Waals surface area contributed by atoms with Gasteiger partial charge in [-0.1, -0.05) is 13.8 Å². The summed E-state index contributed by atoms with van der Waals surface area (Å²) in [5, 5.41) is 46.7. The van der Waals surface area contributed by atoms with Gasteiger partial charge >= 0.3 is 11.9 Å². The Morgan fingerprint density at radius 1 is 0.803 bits per heavy atom. The number of carboxylic acids is 2. The number of carboxylic acid groups (broad SMARTS) is 2. The van der Waals surface area contributed by atoms with Crippen molar-refractivity contribution in [1.29, 1.82) is 0 Å². The van der Waals surface area contributed by atoms with E-state index in [1.807, 2.05) is 5.32 Å². The van der Waals surface area contributed by atoms with Gasteiger partial charge < -0.3 is 79.2 Å². The Bertz CT molecular complexity index is 1940. The number of nitrogens with two attached hydrogens (primary N) is 2. The Morgan fingerprint density at radius 2 is 1.42 bits per heavy atom. The molecule has 10 amide bonds. The minimum Gasteiger partial charge on any atom is -0.481 e. The number of hydrogen-bond acceptors (Lipinski definition) is 16. The quantitative estimate of drug-likeness (QED) is 0.0347. The Morgan fingerprint density at radius 3 is 1.98 bits per heavy atom. The van der Waals surface area contributed by atoms with Crippen LogP contribution >= 0.6 is 12.6 Å². The number of aliphatic hydroxyl groups excluding tert-OH is 1. The maximum atomic E-state index is 13.5. The topological polar surface area (TPSA) is 446 Å². The van der Waals surface area contributed by atoms with Gasteiger partial charge in [-0.15, -0.1) is 0 Å². The van der Waals surface area contributed by atoms with Crippen LogP contribution in [-0.2, 0) is 64.0 Å². The standard InChI is InChI=1S/C37H57N13O15S/c1-17(2)30(37(64)65)49-35(62)21(8-18-10-40-16-44-18)47-36(63)24-4-3-7-50(24)28(55)13-41-26(53)11-42-33(60)23(14-51)48-34(61)22(9-29(56)57)45-27(54)12-43-32(59)20(5-6-25(39)52)46-31(58)19(38)15-66/h10,16-17,19-24,30,51,66H,3-9,11-15,38H2,1-2H3,(H2,39,52)(H,40,44)(H,41,53)(H,42,60)(H,43,59)(H,45,54)(H,46,58)(H,47,63)(H,48,61)(H,49,62)(H,56,57)(H,64,65)/t19-,20-,21-,22-,23-,24-,30-/m0/s1. The van der Waals surface area contributed by atoms with Crippen LogP contribution in [-0.4, -0.2) is 182 Å². The summed E-state index contributed by atoms with van der Waals surface area (Å²) in [5.74, 6) is -12.7. The summed E-state index contributed by atoms with van der Waals surface area (Å²) in [6.07, 6.45) is 1.60. The number of nitrogens with one attached hydrogen (secondary N) is 9. The zero-order valence-corrected chi connectivity index (χ0v) is 36.9. The molecule has 1 saturated heterocycles. The van der Waals surface area contributed by atoms with Crippen LogP contribution in [0.1, 0.15) is 51.6 Å². The SMILES string of the molecule is CC(C)[C@H](NC(=O)[C@H](Cc1cnc[nH]1)NC(=O)[C@@H]1CCCN1C(=O)CNC(=O)CNC(=O)[C@H](CO)NC(=O)[C@H](CC(=O)O)NC(=O)CNC(=O)[C@H](CCC(N)=O)NC(=O)[C@@H](N)CS)C(=O)O. The maximum absolute atomic E-state index is 13.5. The lowest BCUT2D eigenvalue weighted by atomic mass is 10.0. The van der Waals surface area contributed by atoms with Crippen LogP contribution in [0.25, 0.3) is 0 Å². The second-order valence-corrected chi connectivity index (χ2v) is 15.6. The maximum Gasteiger partial charge on any atom is 0.326 e. The normalized spacial score (nSPS) is 15.9. The molecule has 7 atom stereocenters. The van der Waals surface area contributed by atoms with Gasteiger partial charge in [-0.05, 0) is 25.2 Å². The molecule has 1 aliphatic rings. The number of amides is 10. The Labute approximate surface area is 382 Å². The van der Waals surface area contributed by atoms with E-state index in [9.17, 15) is 72.9 Å². The fraction of sp³-hybridized carbons (Fsp3) is 0.595. The van der Waals surface area contributed by atoms with Gasteiger partial charge in [0.2, 0.25) is 59.1 Å². The molecule has 2 rings (SSSR count). The third-order valence-electron chi connectivity index (χ3n) is 9.69. The summed E-state index contributed by atoms with van der Waals surface area (Å²) in [5.41, 5.74) is 11.2. The molecule has 1 fully saturated rings. The van der Waals surface area contributed by atoms with Crippen LogP contribution in [0.4, 0.5) is 0 Å². The van der Waals surface area contributed by atoms with Crippen molar-refractivity contribution in [3.8, 4) is 0 Å². The van der Waals surface area contributed by atoms with Crippen LogP contribution in [0.3, 0.4) is 0 Å². The molecule has 16 N–H and O–H groups in total. The first kappa shape index (κ1) is 55.3. The highest BCUT2D eigenvalue weighted by Gasteiger charge is 2.37. The molecular formula is C37H57N13O15S. The number of H-pyrrole nitrogens is 1. The lowest BCUT2D eigenvalue weighted by Gasteiger charge is -2.27. The second-order valence-electron chi connectivity index (χ2n) is 15.2. The molecule has 0 spiro atoms. The van der Waals surface area contributed by atoms with Crippen LogP contribution in [0.15, 0.2) is 12.5 Å². The summed E-state index contributed by atoms with van der Waals surface area (Å²) >= 11 is 3.89. The third-order valence-corrected chi connectivity index (χ3v) is 10.1. The lowest BCUT2D eigenvalue weighted by Crippen LogP contribution is -2.57. The molecule has 1 aromatic heterocycles. The Kier molecular flexibility index (Phi) is 23.0. The highest BCUT2D eigenvalue weighted by Crippen LogP contribution is 2.18. The number of nitrogens with zero attached hydrogens (tertiary/aromatic N) is 2. The highest BCUT2D eigenvalue weighted by molar-refractivity contribution is 7.80. The number of imidazole rings is 1. The fourth-order valence-electron chi connectivity index (χ4n) is 6.13. The molecule has 0 bridgehead atoms. The third kappa shape index (κ3) is 18.7. The molecular weight excluding hydrogens is 899 g/mol. The summed E-state index contributed by atoms with van der Waals surface area (Å²) in [6.45, 7) is -0.0810. The lowest BCUT2D eigenvalue weighted by molar-refractivity contribution is -0.144. The number of carbonyl (C=O) groups excluding carboxylic acids is 10. The molecule has 29 heteroatoms. The molecule has 1 aliphatic heterocycles. The van der Waals surface area contributed by atoms with Crippen molar-refractivity contribution >= 4 is 83.6 Å². The van der Waals surface area contributed by atoms with E-state index in [0.29, 0.717) is 12.1 Å². The van der Waals surface area contributed by atoms with Gasteiger partial charge in [0.25, 0.3) is 0 Å². The van der Waals surface area contributed by atoms with Gasteiger partial charge in [0.05, 0.1) is 45.0 Å². The van der Waals surface area contributed by atoms with Crippen LogP contribution < -0.4 is 54.0 Å². The molecule has 0 unspecified atom stereocenters. The van der Waals surface area contributed by atoms with Gasteiger partial charge in [0.1, 0.15) is 36.3 Å². The molecule has 1 aromatic rings. The summed E-state index contributed by atoms with van der Waals surface area (Å²) in [6, 6.07) is -9.75. The van der Waals surface area contributed by atoms with E-state index in [2.05, 4.69) is 59.8 Å². The molecule has 366 valence electrons. The first-order valence-electron chi connectivity index (χ1n) is 20.4. The predicted octanol–water partition coefficient (Wildman–Crippen LogP) is -7.55. The number of carbonyl (C=O) groups is 12. The zero-order chi connectivity index (χ0) is 49.7. The van der Waals surface area contributed by atoms with E-state index in [4.69, 9.17) is 11.5 Å². The second kappa shape index (κ2) is 27.4. The van der Waals surface area contributed by atoms with E-state index >= 15 is 0 Å². The van der Waals surface area contributed by atoms with Crippen molar-refractivity contribution in [3.05, 3.63) is 18.2 Å². The van der Waals surface area contributed by atoms with Gasteiger partial charge in [-0.25, -0.2) is 9.78 Å². The Hall–Kier alpha value is -6.88. The van der Waals surface area contributed by atoms with E-state index in [-0.39, 0.29) is 38.0 Å². The largest absolute Gasteiger partial charge is 0.481 e. The van der Waals surface area contributed by atoms with Crippen molar-refractivity contribution in [2.45, 2.75) is 94.7 Å². The number of aromatic nitrogens is 2. The van der Waals surface area contributed by atoms with Crippen molar-refractivity contribution in [2.75, 3.05) is 38.5 Å². The number of aliphatic carboxylic acids is 2. The minimum absolute atomic E-state index is 0.0890. The van der Waals surface area contributed by atoms with Crippen LogP contribution in [0.5, 0.6) is 0 Å². The van der Waals surface area contributed by atoms with E-state index in [1.54, 1.807) is 13.8 Å². The van der Waals surface area contributed by atoms with Gasteiger partial charge in [-0.2, -0.15) is 12.6 Å². The minimum atomic E-state index is -1.87. The zero-order valence-electron chi connectivity index (χ0n) is 36.0. The van der Waals surface area contributed by atoms with Crippen molar-refractivity contribution in [3.63, 3.8) is 0 Å². The highest BCUT2D eigenvalue weighted by atomic mass is 32.1. The predicted molar refractivity (Wildman–Crippen MR) is 228 cm³/mol. The molecule has 0 radical (unpaired) electrons. The summed E-state index contributed by atoms with van der Waals surface area (Å²) in [4.78, 5) is 158. The number of likely N-dealkylation sites (tertiary alicyclic amines) is 1. The number of aliphatic hydroxyl groups is 1. The number of aromatic amines is 1. The number of thiol groups is 1. The van der Waals surface area contributed by atoms with E-state index < -0.39 is 152 Å². The molecule has 2 heterocycles. The van der Waals surface area contributed by atoms with Gasteiger partial charge in [-0.3, -0.25) is 52.7 Å². The Balaban J connectivity index is 1.96. The fourth-order valence-corrected chi connectivity index (χ4v) is 6.30. The average molecular weight is 956 g/mol. The smallest absolute Gasteiger partial charge is 0.326 e. The molecule has 0 aliphatic carbocycles. The van der Waals surface area contributed by atoms with Crippen molar-refractivity contribution in [2.24, 2.45) is 17.4 Å². The summed E-state index contributed by atoms with van der Waals surface area (Å²) < 4.78 is 0. The van der Waals surface area contributed by atoms with Crippen LogP contribution in [0.2, 0.25) is 0 Å². The van der Waals surface area contributed by atoms with E-state index in [1.165, 1.54) is 17.4 Å². The monoisotopic (exact) mass is 955 g/mol. The van der Waals surface area contributed by atoms with Gasteiger partial charge in [0, 0.05) is 37.0 Å². The van der Waals surface area contributed by atoms with E-state index in [0.717, 1.165) is 0 Å².